The van der Waals surface area contributed by atoms with Crippen molar-refractivity contribution in [1.29, 1.82) is 0 Å². The number of nitrogens with zero attached hydrogens (tertiary/aromatic N) is 4. The maximum atomic E-state index is 6.24. The summed E-state index contributed by atoms with van der Waals surface area (Å²) in [5, 5.41) is 8.12. The molecular formula is C15H22ClN5. The van der Waals surface area contributed by atoms with Gasteiger partial charge in [0.05, 0.1) is 6.54 Å². The van der Waals surface area contributed by atoms with Crippen LogP contribution < -0.4 is 5.32 Å². The number of aromatic nitrogens is 4. The Hall–Kier alpha value is -1.62. The molecule has 1 unspecified atom stereocenters. The van der Waals surface area contributed by atoms with E-state index in [0.29, 0.717) is 5.15 Å². The summed E-state index contributed by atoms with van der Waals surface area (Å²) < 4.78 is 1.89. The summed E-state index contributed by atoms with van der Waals surface area (Å²) in [7, 11) is 0. The zero-order valence-corrected chi connectivity index (χ0v) is 13.9. The van der Waals surface area contributed by atoms with Gasteiger partial charge in [0.1, 0.15) is 16.8 Å². The van der Waals surface area contributed by atoms with Gasteiger partial charge >= 0.3 is 0 Å². The molecular weight excluding hydrogens is 286 g/mol. The van der Waals surface area contributed by atoms with Crippen LogP contribution in [0.25, 0.3) is 0 Å². The molecule has 0 saturated carbocycles. The summed E-state index contributed by atoms with van der Waals surface area (Å²) in [6, 6.07) is 2.10. The van der Waals surface area contributed by atoms with Crippen LogP contribution >= 0.6 is 11.6 Å². The third kappa shape index (κ3) is 3.94. The lowest BCUT2D eigenvalue weighted by molar-refractivity contribution is 0.539. The zero-order valence-electron chi connectivity index (χ0n) is 13.2. The average molecular weight is 308 g/mol. The third-order valence-electron chi connectivity index (χ3n) is 3.16. The molecule has 0 aliphatic carbocycles. The highest BCUT2D eigenvalue weighted by Crippen LogP contribution is 2.26. The van der Waals surface area contributed by atoms with Gasteiger partial charge < -0.3 is 5.32 Å². The van der Waals surface area contributed by atoms with Crippen molar-refractivity contribution in [3.8, 4) is 0 Å². The van der Waals surface area contributed by atoms with E-state index < -0.39 is 0 Å². The fourth-order valence-electron chi connectivity index (χ4n) is 1.93. The van der Waals surface area contributed by atoms with Crippen LogP contribution in [0.3, 0.4) is 0 Å². The number of halogens is 1. The lowest BCUT2D eigenvalue weighted by atomic mass is 9.95. The van der Waals surface area contributed by atoms with E-state index in [1.54, 1.807) is 6.20 Å². The summed E-state index contributed by atoms with van der Waals surface area (Å²) in [4.78, 5) is 9.02. The van der Waals surface area contributed by atoms with Crippen molar-refractivity contribution >= 4 is 17.4 Å². The molecule has 6 heteroatoms. The van der Waals surface area contributed by atoms with Gasteiger partial charge in [0.25, 0.3) is 0 Å². The third-order valence-corrected chi connectivity index (χ3v) is 3.53. The number of anilines is 1. The van der Waals surface area contributed by atoms with Gasteiger partial charge in [0.2, 0.25) is 0 Å². The van der Waals surface area contributed by atoms with E-state index in [2.05, 4.69) is 48.1 Å². The van der Waals surface area contributed by atoms with Crippen molar-refractivity contribution in [2.75, 3.05) is 5.32 Å². The Morgan fingerprint density at radius 3 is 2.62 bits per heavy atom. The van der Waals surface area contributed by atoms with Crippen molar-refractivity contribution < 1.29 is 0 Å². The molecule has 0 aliphatic rings. The summed E-state index contributed by atoms with van der Waals surface area (Å²) in [6.45, 7) is 11.0. The molecule has 2 aromatic rings. The summed E-state index contributed by atoms with van der Waals surface area (Å²) in [5.41, 5.74) is 0.732. The average Bonchev–Trinajstić information content (AvgIpc) is 2.86. The van der Waals surface area contributed by atoms with Crippen molar-refractivity contribution in [2.24, 2.45) is 0 Å². The van der Waals surface area contributed by atoms with E-state index in [4.69, 9.17) is 11.6 Å². The van der Waals surface area contributed by atoms with Crippen LogP contribution in [0.5, 0.6) is 0 Å². The van der Waals surface area contributed by atoms with E-state index in [1.807, 2.05) is 23.9 Å². The topological polar surface area (TPSA) is 55.6 Å². The van der Waals surface area contributed by atoms with Crippen molar-refractivity contribution in [2.45, 2.75) is 52.6 Å². The van der Waals surface area contributed by atoms with Crippen LogP contribution in [0.2, 0.25) is 5.15 Å². The second-order valence-corrected chi connectivity index (χ2v) is 6.69. The molecule has 0 aromatic carbocycles. The number of hydrogen-bond acceptors (Lipinski definition) is 4. The van der Waals surface area contributed by atoms with Crippen molar-refractivity contribution in [1.82, 2.24) is 19.7 Å². The standard InChI is InChI=1S/C15H22ClN5/c1-10(9-21-8-6-7-17-21)18-13-11(2)12(16)19-14(20-13)15(3,4)5/h6-8,10H,9H2,1-5H3,(H,18,19,20). The van der Waals surface area contributed by atoms with Crippen LogP contribution in [-0.2, 0) is 12.0 Å². The maximum Gasteiger partial charge on any atom is 0.137 e. The molecule has 1 N–H and O–H groups in total. The Kier molecular flexibility index (Phi) is 4.52. The Morgan fingerprint density at radius 2 is 2.05 bits per heavy atom. The van der Waals surface area contributed by atoms with Crippen molar-refractivity contribution in [3.05, 3.63) is 35.0 Å². The van der Waals surface area contributed by atoms with Gasteiger partial charge in [-0.2, -0.15) is 5.10 Å². The molecule has 2 heterocycles. The number of rotatable bonds is 4. The normalized spacial score (nSPS) is 13.2. The zero-order chi connectivity index (χ0) is 15.6. The molecule has 0 aliphatic heterocycles. The molecule has 0 fully saturated rings. The second kappa shape index (κ2) is 6.02. The smallest absolute Gasteiger partial charge is 0.137 e. The quantitative estimate of drug-likeness (QED) is 0.879. The molecule has 21 heavy (non-hydrogen) atoms. The second-order valence-electron chi connectivity index (χ2n) is 6.34. The maximum absolute atomic E-state index is 6.24. The van der Waals surface area contributed by atoms with E-state index in [-0.39, 0.29) is 11.5 Å². The van der Waals surface area contributed by atoms with Crippen LogP contribution in [0.1, 0.15) is 39.1 Å². The lowest BCUT2D eigenvalue weighted by Crippen LogP contribution is -2.25. The monoisotopic (exact) mass is 307 g/mol. The van der Waals surface area contributed by atoms with Crippen LogP contribution in [0.4, 0.5) is 5.82 Å². The molecule has 0 bridgehead atoms. The van der Waals surface area contributed by atoms with E-state index in [1.165, 1.54) is 0 Å². The Labute approximate surface area is 130 Å². The molecule has 0 saturated heterocycles. The van der Waals surface area contributed by atoms with E-state index in [9.17, 15) is 0 Å². The van der Waals surface area contributed by atoms with Gasteiger partial charge in [-0.3, -0.25) is 4.68 Å². The highest BCUT2D eigenvalue weighted by molar-refractivity contribution is 6.30. The van der Waals surface area contributed by atoms with Crippen molar-refractivity contribution in [3.63, 3.8) is 0 Å². The van der Waals surface area contributed by atoms with Gasteiger partial charge in [-0.25, -0.2) is 9.97 Å². The lowest BCUT2D eigenvalue weighted by Gasteiger charge is -2.21. The molecule has 114 valence electrons. The van der Waals surface area contributed by atoms with E-state index in [0.717, 1.165) is 23.8 Å². The van der Waals surface area contributed by atoms with Gasteiger partial charge in [0, 0.05) is 29.4 Å². The predicted molar refractivity (Wildman–Crippen MR) is 85.8 cm³/mol. The summed E-state index contributed by atoms with van der Waals surface area (Å²) in [6.07, 6.45) is 3.72. The fourth-order valence-corrected chi connectivity index (χ4v) is 2.10. The molecule has 1 atom stereocenters. The summed E-state index contributed by atoms with van der Waals surface area (Å²) >= 11 is 6.24. The number of hydrogen-bond donors (Lipinski definition) is 1. The van der Waals surface area contributed by atoms with Gasteiger partial charge in [-0.15, -0.1) is 0 Å². The van der Waals surface area contributed by atoms with Crippen LogP contribution in [0.15, 0.2) is 18.5 Å². The van der Waals surface area contributed by atoms with Gasteiger partial charge in [0.15, 0.2) is 0 Å². The first-order valence-electron chi connectivity index (χ1n) is 7.06. The predicted octanol–water partition coefficient (Wildman–Crippen LogP) is 3.43. The molecule has 2 aromatic heterocycles. The molecule has 0 spiro atoms. The molecule has 0 radical (unpaired) electrons. The SMILES string of the molecule is Cc1c(Cl)nc(C(C)(C)C)nc1NC(C)Cn1cccn1. The minimum absolute atomic E-state index is 0.140. The highest BCUT2D eigenvalue weighted by Gasteiger charge is 2.21. The van der Waals surface area contributed by atoms with Crippen LogP contribution in [0, 0.1) is 6.92 Å². The van der Waals surface area contributed by atoms with Crippen LogP contribution in [-0.4, -0.2) is 25.8 Å². The first kappa shape index (κ1) is 15.8. The summed E-state index contributed by atoms with van der Waals surface area (Å²) in [5.74, 6) is 1.53. The fraction of sp³-hybridized carbons (Fsp3) is 0.533. The first-order chi connectivity index (χ1) is 9.77. The highest BCUT2D eigenvalue weighted by atomic mass is 35.5. The number of nitrogens with one attached hydrogen (secondary N) is 1. The Balaban J connectivity index is 2.20. The van der Waals surface area contributed by atoms with Gasteiger partial charge in [-0.05, 0) is 19.9 Å². The molecule has 5 nitrogen and oxygen atoms in total. The minimum Gasteiger partial charge on any atom is -0.365 e. The molecule has 0 amide bonds. The minimum atomic E-state index is -0.140. The largest absolute Gasteiger partial charge is 0.365 e. The first-order valence-corrected chi connectivity index (χ1v) is 7.43. The Morgan fingerprint density at radius 1 is 1.33 bits per heavy atom. The van der Waals surface area contributed by atoms with E-state index >= 15 is 0 Å². The Bertz CT molecular complexity index is 601. The molecule has 2 rings (SSSR count). The van der Waals surface area contributed by atoms with Gasteiger partial charge in [-0.1, -0.05) is 32.4 Å².